The molecule has 1 aliphatic heterocycles. The molecule has 0 saturated carbocycles. The van der Waals surface area contributed by atoms with Crippen molar-refractivity contribution in [1.82, 2.24) is 9.80 Å². The number of hydrogen-bond acceptors (Lipinski definition) is 5. The van der Waals surface area contributed by atoms with E-state index in [0.29, 0.717) is 12.8 Å². The summed E-state index contributed by atoms with van der Waals surface area (Å²) in [6, 6.07) is 8.49. The number of nitrogens with zero attached hydrogens (tertiary/aromatic N) is 3. The van der Waals surface area contributed by atoms with Crippen molar-refractivity contribution in [2.24, 2.45) is 0 Å². The molecular formula is C23H33N3O2PS+. The minimum atomic E-state index is -2.50. The molecule has 30 heavy (non-hydrogen) atoms. The Morgan fingerprint density at radius 3 is 2.67 bits per heavy atom. The molecule has 162 valence electrons. The van der Waals surface area contributed by atoms with Gasteiger partial charge in [0.25, 0.3) is 5.01 Å². The Morgan fingerprint density at radius 1 is 1.23 bits per heavy atom. The molecule has 2 heterocycles. The lowest BCUT2D eigenvalue weighted by Gasteiger charge is -2.20. The van der Waals surface area contributed by atoms with E-state index < -0.39 is 7.37 Å². The van der Waals surface area contributed by atoms with Gasteiger partial charge in [0.2, 0.25) is 5.52 Å². The Morgan fingerprint density at radius 2 is 1.97 bits per heavy atom. The van der Waals surface area contributed by atoms with Crippen LogP contribution in [-0.4, -0.2) is 56.4 Å². The van der Waals surface area contributed by atoms with Crippen LogP contribution in [0.15, 0.2) is 54.4 Å². The number of likely N-dealkylation sites (N-methyl/N-ethyl adjacent to an activating group) is 1. The van der Waals surface area contributed by atoms with E-state index in [1.807, 2.05) is 6.92 Å². The third-order valence-corrected chi connectivity index (χ3v) is 8.04. The lowest BCUT2D eigenvalue weighted by atomic mass is 10.2. The van der Waals surface area contributed by atoms with Crippen LogP contribution in [0.25, 0.3) is 16.3 Å². The molecule has 2 aromatic rings. The van der Waals surface area contributed by atoms with E-state index in [-0.39, 0.29) is 0 Å². The van der Waals surface area contributed by atoms with Gasteiger partial charge in [-0.3, -0.25) is 4.57 Å². The summed E-state index contributed by atoms with van der Waals surface area (Å²) < 4.78 is 21.5. The van der Waals surface area contributed by atoms with Gasteiger partial charge in [-0.2, -0.15) is 4.57 Å². The summed E-state index contributed by atoms with van der Waals surface area (Å²) in [7, 11) is 1.69. The molecule has 3 rings (SSSR count). The Balaban J connectivity index is 1.77. The van der Waals surface area contributed by atoms with Gasteiger partial charge in [0.1, 0.15) is 4.70 Å². The highest BCUT2D eigenvalue weighted by Gasteiger charge is 2.21. The number of thiazole rings is 1. The largest absolute Gasteiger partial charge is 0.353 e. The SMILES string of the molecule is CCOP(C)(=O)CCC[n+]1c(C=C2C=CN(CCN(C)C)C=C2)sc2ccccc21. The second-order valence-corrected chi connectivity index (χ2v) is 11.7. The number of hydrogen-bond donors (Lipinski definition) is 0. The van der Waals surface area contributed by atoms with Crippen LogP contribution in [0.5, 0.6) is 0 Å². The molecule has 0 spiro atoms. The molecule has 0 N–H and O–H groups in total. The summed E-state index contributed by atoms with van der Waals surface area (Å²) >= 11 is 1.80. The first-order chi connectivity index (χ1) is 14.4. The van der Waals surface area contributed by atoms with E-state index in [0.717, 1.165) is 26.1 Å². The monoisotopic (exact) mass is 446 g/mol. The van der Waals surface area contributed by atoms with Gasteiger partial charge in [0.15, 0.2) is 13.9 Å². The molecule has 0 amide bonds. The van der Waals surface area contributed by atoms with Crippen LogP contribution < -0.4 is 4.57 Å². The van der Waals surface area contributed by atoms with Crippen molar-refractivity contribution >= 4 is 35.0 Å². The number of aromatic nitrogens is 1. The van der Waals surface area contributed by atoms with Gasteiger partial charge in [0.05, 0.1) is 6.61 Å². The van der Waals surface area contributed by atoms with Crippen molar-refractivity contribution in [3.05, 3.63) is 59.4 Å². The average Bonchev–Trinajstić information content (AvgIpc) is 3.04. The molecule has 1 aromatic heterocycles. The normalized spacial score (nSPS) is 15.9. The summed E-state index contributed by atoms with van der Waals surface area (Å²) in [5.74, 6) is 0. The maximum absolute atomic E-state index is 12.5. The van der Waals surface area contributed by atoms with Gasteiger partial charge in [-0.25, -0.2) is 0 Å². The smallest absolute Gasteiger partial charge is 0.263 e. The number of benzene rings is 1. The fourth-order valence-corrected chi connectivity index (χ4v) is 5.96. The molecule has 0 saturated heterocycles. The summed E-state index contributed by atoms with van der Waals surface area (Å²) in [5, 5.41) is 1.21. The van der Waals surface area contributed by atoms with Crippen molar-refractivity contribution in [2.75, 3.05) is 46.6 Å². The fraction of sp³-hybridized carbons (Fsp3) is 0.435. The number of fused-ring (bicyclic) bond motifs is 1. The third kappa shape index (κ3) is 6.39. The minimum Gasteiger partial charge on any atom is -0.353 e. The van der Waals surface area contributed by atoms with Gasteiger partial charge in [-0.05, 0) is 44.8 Å². The quantitative estimate of drug-likeness (QED) is 0.388. The van der Waals surface area contributed by atoms with E-state index >= 15 is 0 Å². The molecular weight excluding hydrogens is 413 g/mol. The zero-order valence-electron chi connectivity index (χ0n) is 18.5. The predicted octanol–water partition coefficient (Wildman–Crippen LogP) is 4.81. The van der Waals surface area contributed by atoms with Crippen LogP contribution in [0.2, 0.25) is 0 Å². The molecule has 5 nitrogen and oxygen atoms in total. The first-order valence-electron chi connectivity index (χ1n) is 10.5. The summed E-state index contributed by atoms with van der Waals surface area (Å²) in [4.78, 5) is 4.40. The highest BCUT2D eigenvalue weighted by Crippen LogP contribution is 2.42. The number of para-hydroxylation sites is 1. The van der Waals surface area contributed by atoms with E-state index in [9.17, 15) is 4.57 Å². The van der Waals surface area contributed by atoms with Crippen LogP contribution in [0.3, 0.4) is 0 Å². The van der Waals surface area contributed by atoms with Crippen LogP contribution in [0.1, 0.15) is 18.4 Å². The standard InChI is InChI=1S/C23H33N3O2PS/c1-5-28-29(4,27)18-8-13-26-21-9-6-7-10-22(21)30-23(26)19-20-11-14-25(15-12-20)17-16-24(2)3/h6-7,9-12,14-15,19H,5,8,13,16-18H2,1-4H3/q+1. The first kappa shape index (κ1) is 23.0. The predicted molar refractivity (Wildman–Crippen MR) is 128 cm³/mol. The van der Waals surface area contributed by atoms with Crippen LogP contribution in [0.4, 0.5) is 0 Å². The first-order valence-corrected chi connectivity index (χ1v) is 13.6. The summed E-state index contributed by atoms with van der Waals surface area (Å²) in [5.41, 5.74) is 2.42. The number of rotatable bonds is 10. The maximum Gasteiger partial charge on any atom is 0.263 e. The second kappa shape index (κ2) is 10.5. The van der Waals surface area contributed by atoms with Crippen molar-refractivity contribution < 1.29 is 13.7 Å². The van der Waals surface area contributed by atoms with Gasteiger partial charge < -0.3 is 14.3 Å². The molecule has 0 fully saturated rings. The van der Waals surface area contributed by atoms with Gasteiger partial charge in [0, 0.05) is 56.9 Å². The summed E-state index contributed by atoms with van der Waals surface area (Å²) in [6.45, 7) is 6.98. The van der Waals surface area contributed by atoms with Crippen molar-refractivity contribution in [3.8, 4) is 0 Å². The van der Waals surface area contributed by atoms with Crippen LogP contribution in [0, 0.1) is 0 Å². The molecule has 1 atom stereocenters. The third-order valence-electron chi connectivity index (χ3n) is 5.00. The fourth-order valence-electron chi connectivity index (χ4n) is 3.42. The van der Waals surface area contributed by atoms with E-state index in [1.54, 1.807) is 18.0 Å². The Hall–Kier alpha value is -1.72. The van der Waals surface area contributed by atoms with E-state index in [1.165, 1.54) is 20.8 Å². The molecule has 7 heteroatoms. The molecule has 1 unspecified atom stereocenters. The topological polar surface area (TPSA) is 36.7 Å². The lowest BCUT2D eigenvalue weighted by Crippen LogP contribution is -2.35. The van der Waals surface area contributed by atoms with Crippen molar-refractivity contribution in [3.63, 3.8) is 0 Å². The van der Waals surface area contributed by atoms with Crippen molar-refractivity contribution in [2.45, 2.75) is 19.9 Å². The van der Waals surface area contributed by atoms with Gasteiger partial charge in [-0.1, -0.05) is 23.5 Å². The van der Waals surface area contributed by atoms with Crippen LogP contribution in [-0.2, 0) is 15.6 Å². The Bertz CT molecular complexity index is 977. The molecule has 0 aliphatic carbocycles. The summed E-state index contributed by atoms with van der Waals surface area (Å²) in [6.07, 6.45) is 12.3. The minimum absolute atomic E-state index is 0.504. The Labute approximate surface area is 184 Å². The molecule has 1 aliphatic rings. The number of aryl methyl sites for hydroxylation is 1. The van der Waals surface area contributed by atoms with Crippen LogP contribution >= 0.6 is 18.7 Å². The maximum atomic E-state index is 12.5. The van der Waals surface area contributed by atoms with E-state index in [4.69, 9.17) is 4.52 Å². The Kier molecular flexibility index (Phi) is 8.06. The highest BCUT2D eigenvalue weighted by molar-refractivity contribution is 7.58. The second-order valence-electron chi connectivity index (χ2n) is 7.89. The highest BCUT2D eigenvalue weighted by atomic mass is 32.1. The lowest BCUT2D eigenvalue weighted by molar-refractivity contribution is -0.668. The molecule has 1 aromatic carbocycles. The average molecular weight is 447 g/mol. The molecule has 0 bridgehead atoms. The molecule has 0 radical (unpaired) electrons. The van der Waals surface area contributed by atoms with Gasteiger partial charge >= 0.3 is 0 Å². The van der Waals surface area contributed by atoms with Crippen molar-refractivity contribution in [1.29, 1.82) is 0 Å². The zero-order chi connectivity index (χ0) is 21.6. The zero-order valence-corrected chi connectivity index (χ0v) is 20.2. The van der Waals surface area contributed by atoms with E-state index in [2.05, 4.69) is 83.4 Å². The van der Waals surface area contributed by atoms with Gasteiger partial charge in [-0.15, -0.1) is 0 Å². The number of allylic oxidation sites excluding steroid dienone is 3.